The molecule has 0 saturated heterocycles. The van der Waals surface area contributed by atoms with Crippen LogP contribution in [-0.4, -0.2) is 21.9 Å². The average Bonchev–Trinajstić information content (AvgIpc) is 2.95. The lowest BCUT2D eigenvalue weighted by Gasteiger charge is -2.16. The van der Waals surface area contributed by atoms with Crippen LogP contribution >= 0.6 is 11.3 Å². The molecule has 2 heterocycles. The van der Waals surface area contributed by atoms with Gasteiger partial charge in [-0.1, -0.05) is 20.3 Å². The van der Waals surface area contributed by atoms with Crippen LogP contribution in [0.4, 0.5) is 5.13 Å². The van der Waals surface area contributed by atoms with Gasteiger partial charge in [-0.25, -0.2) is 4.98 Å². The lowest BCUT2D eigenvalue weighted by Crippen LogP contribution is -2.40. The van der Waals surface area contributed by atoms with E-state index in [4.69, 9.17) is 5.73 Å². The van der Waals surface area contributed by atoms with E-state index in [0.717, 1.165) is 17.7 Å². The van der Waals surface area contributed by atoms with Gasteiger partial charge >= 0.3 is 0 Å². The molecule has 2 atom stereocenters. The minimum atomic E-state index is -0.509. The normalized spacial score (nSPS) is 13.8. The quantitative estimate of drug-likeness (QED) is 0.886. The van der Waals surface area contributed by atoms with E-state index in [1.807, 2.05) is 31.4 Å². The van der Waals surface area contributed by atoms with Gasteiger partial charge < -0.3 is 11.1 Å². The van der Waals surface area contributed by atoms with Crippen molar-refractivity contribution in [2.75, 3.05) is 5.32 Å². The van der Waals surface area contributed by atoms with Gasteiger partial charge in [0, 0.05) is 23.3 Å². The van der Waals surface area contributed by atoms with Gasteiger partial charge in [0.1, 0.15) is 0 Å². The van der Waals surface area contributed by atoms with E-state index in [1.54, 1.807) is 12.4 Å². The first-order valence-electron chi connectivity index (χ1n) is 6.54. The Morgan fingerprint density at radius 1 is 1.55 bits per heavy atom. The van der Waals surface area contributed by atoms with Gasteiger partial charge in [0.15, 0.2) is 5.13 Å². The van der Waals surface area contributed by atoms with E-state index in [-0.39, 0.29) is 11.8 Å². The lowest BCUT2D eigenvalue weighted by molar-refractivity contribution is -0.118. The fourth-order valence-electron chi connectivity index (χ4n) is 1.68. The first-order valence-corrected chi connectivity index (χ1v) is 7.42. The molecular weight excluding hydrogens is 272 g/mol. The van der Waals surface area contributed by atoms with E-state index in [2.05, 4.69) is 15.3 Å². The van der Waals surface area contributed by atoms with Crippen LogP contribution in [0.2, 0.25) is 0 Å². The Labute approximate surface area is 122 Å². The Morgan fingerprint density at radius 3 is 3.00 bits per heavy atom. The van der Waals surface area contributed by atoms with Gasteiger partial charge in [-0.15, -0.1) is 11.3 Å². The highest BCUT2D eigenvalue weighted by atomic mass is 32.1. The molecule has 0 saturated carbocycles. The van der Waals surface area contributed by atoms with Crippen molar-refractivity contribution in [3.63, 3.8) is 0 Å². The number of nitrogens with one attached hydrogen (secondary N) is 1. The molecule has 0 fully saturated rings. The molecule has 2 unspecified atom stereocenters. The molecule has 0 aliphatic rings. The number of nitrogens with two attached hydrogens (primary N) is 1. The first kappa shape index (κ1) is 14.6. The summed E-state index contributed by atoms with van der Waals surface area (Å²) in [5.74, 6) is -0.0424. The monoisotopic (exact) mass is 290 g/mol. The third-order valence-corrected chi connectivity index (χ3v) is 4.01. The van der Waals surface area contributed by atoms with E-state index in [9.17, 15) is 4.79 Å². The summed E-state index contributed by atoms with van der Waals surface area (Å²) in [6, 6.07) is 3.27. The summed E-state index contributed by atoms with van der Waals surface area (Å²) >= 11 is 1.38. The Kier molecular flexibility index (Phi) is 4.81. The van der Waals surface area contributed by atoms with E-state index in [0.29, 0.717) is 5.13 Å². The summed E-state index contributed by atoms with van der Waals surface area (Å²) < 4.78 is 0. The first-order chi connectivity index (χ1) is 9.61. The van der Waals surface area contributed by atoms with Crippen LogP contribution in [0.15, 0.2) is 29.9 Å². The molecule has 1 amide bonds. The second-order valence-corrected chi connectivity index (χ2v) is 5.54. The van der Waals surface area contributed by atoms with Crippen molar-refractivity contribution in [2.45, 2.75) is 26.3 Å². The van der Waals surface area contributed by atoms with Crippen LogP contribution in [0.25, 0.3) is 11.3 Å². The number of hydrogen-bond donors (Lipinski definition) is 2. The summed E-state index contributed by atoms with van der Waals surface area (Å²) in [5, 5.41) is 5.22. The SMILES string of the molecule is CCC(C)C(N)C(=O)Nc1nc(-c2cccnc2)cs1. The Hall–Kier alpha value is -1.79. The highest BCUT2D eigenvalue weighted by molar-refractivity contribution is 7.14. The molecule has 3 N–H and O–H groups in total. The molecule has 0 aromatic carbocycles. The lowest BCUT2D eigenvalue weighted by atomic mass is 10.00. The summed E-state index contributed by atoms with van der Waals surface area (Å²) in [6.07, 6.45) is 4.32. The van der Waals surface area contributed by atoms with Gasteiger partial charge in [-0.3, -0.25) is 9.78 Å². The minimum absolute atomic E-state index is 0.146. The van der Waals surface area contributed by atoms with Crippen molar-refractivity contribution < 1.29 is 4.79 Å². The number of nitrogens with zero attached hydrogens (tertiary/aromatic N) is 2. The van der Waals surface area contributed by atoms with Crippen molar-refractivity contribution in [1.82, 2.24) is 9.97 Å². The Morgan fingerprint density at radius 2 is 2.35 bits per heavy atom. The molecule has 5 nitrogen and oxygen atoms in total. The largest absolute Gasteiger partial charge is 0.320 e. The third kappa shape index (κ3) is 3.40. The smallest absolute Gasteiger partial charge is 0.243 e. The Bertz CT molecular complexity index is 570. The maximum atomic E-state index is 12.0. The molecule has 0 bridgehead atoms. The van der Waals surface area contributed by atoms with Gasteiger partial charge in [-0.05, 0) is 18.1 Å². The highest BCUT2D eigenvalue weighted by Crippen LogP contribution is 2.24. The van der Waals surface area contributed by atoms with Gasteiger partial charge in [0.05, 0.1) is 11.7 Å². The third-order valence-electron chi connectivity index (χ3n) is 3.25. The predicted molar refractivity (Wildman–Crippen MR) is 81.4 cm³/mol. The number of hydrogen-bond acceptors (Lipinski definition) is 5. The molecule has 6 heteroatoms. The second kappa shape index (κ2) is 6.58. The van der Waals surface area contributed by atoms with Crippen molar-refractivity contribution >= 4 is 22.4 Å². The number of aromatic nitrogens is 2. The highest BCUT2D eigenvalue weighted by Gasteiger charge is 2.20. The van der Waals surface area contributed by atoms with Crippen LogP contribution in [0.5, 0.6) is 0 Å². The number of carbonyl (C=O) groups is 1. The zero-order valence-electron chi connectivity index (χ0n) is 11.5. The molecule has 0 radical (unpaired) electrons. The number of pyridine rings is 1. The molecule has 2 aromatic heterocycles. The average molecular weight is 290 g/mol. The van der Waals surface area contributed by atoms with Crippen LogP contribution < -0.4 is 11.1 Å². The fourth-order valence-corrected chi connectivity index (χ4v) is 2.40. The molecule has 106 valence electrons. The van der Waals surface area contributed by atoms with E-state index in [1.165, 1.54) is 11.3 Å². The summed E-state index contributed by atoms with van der Waals surface area (Å²) in [7, 11) is 0. The zero-order chi connectivity index (χ0) is 14.5. The van der Waals surface area contributed by atoms with Crippen LogP contribution in [0.3, 0.4) is 0 Å². The summed E-state index contributed by atoms with van der Waals surface area (Å²) in [6.45, 7) is 3.98. The predicted octanol–water partition coefficient (Wildman–Crippen LogP) is 2.52. The van der Waals surface area contributed by atoms with Crippen molar-refractivity contribution in [1.29, 1.82) is 0 Å². The fraction of sp³-hybridized carbons (Fsp3) is 0.357. The van der Waals surface area contributed by atoms with E-state index >= 15 is 0 Å². The summed E-state index contributed by atoms with van der Waals surface area (Å²) in [4.78, 5) is 20.4. The molecule has 2 rings (SSSR count). The van der Waals surface area contributed by atoms with E-state index < -0.39 is 6.04 Å². The number of rotatable bonds is 5. The molecule has 0 spiro atoms. The summed E-state index contributed by atoms with van der Waals surface area (Å²) in [5.41, 5.74) is 7.62. The molecular formula is C14H18N4OS. The molecule has 0 aliphatic carbocycles. The van der Waals surface area contributed by atoms with Gasteiger partial charge in [-0.2, -0.15) is 0 Å². The minimum Gasteiger partial charge on any atom is -0.320 e. The van der Waals surface area contributed by atoms with Crippen molar-refractivity contribution in [3.8, 4) is 11.3 Å². The standard InChI is InChI=1S/C14H18N4OS/c1-3-9(2)12(15)13(19)18-14-17-11(8-20-14)10-5-4-6-16-7-10/h4-9,12H,3,15H2,1-2H3,(H,17,18,19). The molecule has 0 aliphatic heterocycles. The number of anilines is 1. The van der Waals surface area contributed by atoms with Gasteiger partial charge in [0.2, 0.25) is 5.91 Å². The number of thiazole rings is 1. The van der Waals surface area contributed by atoms with Crippen LogP contribution in [0.1, 0.15) is 20.3 Å². The zero-order valence-corrected chi connectivity index (χ0v) is 12.4. The van der Waals surface area contributed by atoms with Gasteiger partial charge in [0.25, 0.3) is 0 Å². The number of amides is 1. The van der Waals surface area contributed by atoms with Crippen molar-refractivity contribution in [2.24, 2.45) is 11.7 Å². The van der Waals surface area contributed by atoms with Crippen LogP contribution in [0, 0.1) is 5.92 Å². The maximum absolute atomic E-state index is 12.0. The molecule has 20 heavy (non-hydrogen) atoms. The topological polar surface area (TPSA) is 80.9 Å². The Balaban J connectivity index is 2.05. The van der Waals surface area contributed by atoms with Crippen molar-refractivity contribution in [3.05, 3.63) is 29.9 Å². The molecule has 2 aromatic rings. The second-order valence-electron chi connectivity index (χ2n) is 4.68. The number of carbonyl (C=O) groups excluding carboxylic acids is 1. The van der Waals surface area contributed by atoms with Crippen LogP contribution in [-0.2, 0) is 4.79 Å². The maximum Gasteiger partial charge on any atom is 0.243 e.